The second kappa shape index (κ2) is 4.20. The number of hydrogen-bond acceptors (Lipinski definition) is 3. The van der Waals surface area contributed by atoms with E-state index in [-0.39, 0.29) is 0 Å². The van der Waals surface area contributed by atoms with Crippen molar-refractivity contribution in [2.24, 2.45) is 0 Å². The van der Waals surface area contributed by atoms with Gasteiger partial charge in [-0.2, -0.15) is 0 Å². The number of nitrogens with zero attached hydrogens (tertiary/aromatic N) is 1. The Hall–Kier alpha value is -2.59. The lowest BCUT2D eigenvalue weighted by Gasteiger charge is -2.10. The third-order valence-corrected chi connectivity index (χ3v) is 3.93. The van der Waals surface area contributed by atoms with Gasteiger partial charge in [-0.25, -0.2) is 4.98 Å². The van der Waals surface area contributed by atoms with E-state index in [1.54, 1.807) is 12.1 Å². The smallest absolute Gasteiger partial charge is 0.227 e. The topological polar surface area (TPSA) is 77.6 Å². The van der Waals surface area contributed by atoms with Crippen LogP contribution in [0.2, 0.25) is 5.02 Å². The van der Waals surface area contributed by atoms with Crippen molar-refractivity contribution < 1.29 is 9.83 Å². The largest absolute Gasteiger partial charge is 0.451 e. The maximum atomic E-state index is 6.36. The van der Waals surface area contributed by atoms with Crippen LogP contribution < -0.4 is 16.5 Å². The first-order valence-electron chi connectivity index (χ1n) is 6.44. The number of fused-ring (bicyclic) bond motifs is 4. The van der Waals surface area contributed by atoms with E-state index >= 15 is 0 Å². The van der Waals surface area contributed by atoms with Crippen LogP contribution in [0.25, 0.3) is 33.3 Å². The fourth-order valence-corrected chi connectivity index (χ4v) is 2.76. The van der Waals surface area contributed by atoms with Gasteiger partial charge in [0, 0.05) is 17.1 Å². The first-order chi connectivity index (χ1) is 10.1. The first-order valence-corrected chi connectivity index (χ1v) is 6.82. The Labute approximate surface area is 124 Å². The Morgan fingerprint density at radius 3 is 2.67 bits per heavy atom. The highest BCUT2D eigenvalue weighted by Crippen LogP contribution is 2.34. The minimum Gasteiger partial charge on any atom is -0.451 e. The Morgan fingerprint density at radius 2 is 1.86 bits per heavy atom. The molecular weight excluding hydrogens is 286 g/mol. The highest BCUT2D eigenvalue weighted by molar-refractivity contribution is 6.34. The molecule has 0 unspecified atom stereocenters. The summed E-state index contributed by atoms with van der Waals surface area (Å²) in [6.45, 7) is 0. The van der Waals surface area contributed by atoms with Crippen molar-refractivity contribution in [3.05, 3.63) is 52.8 Å². The fourth-order valence-electron chi connectivity index (χ4n) is 2.53. The summed E-state index contributed by atoms with van der Waals surface area (Å²) in [4.78, 5) is 4.66. The number of nitrogens with two attached hydrogens (primary N) is 2. The van der Waals surface area contributed by atoms with Gasteiger partial charge in [0.05, 0.1) is 5.39 Å². The fraction of sp³-hybridized carbons (Fsp3) is 0. The number of rotatable bonds is 0. The summed E-state index contributed by atoms with van der Waals surface area (Å²) in [5.74, 6) is 0.478. The molecule has 0 atom stereocenters. The Kier molecular flexibility index (Phi) is 2.43. The second-order valence-corrected chi connectivity index (χ2v) is 5.27. The molecule has 0 aromatic heterocycles. The lowest BCUT2D eigenvalue weighted by molar-refractivity contribution is -0.170. The lowest BCUT2D eigenvalue weighted by atomic mass is 10.0. The number of hydrogen-bond donors (Lipinski definition) is 2. The number of anilines is 1. The van der Waals surface area contributed by atoms with Crippen LogP contribution in [-0.4, -0.2) is 4.98 Å². The molecule has 4 rings (SSSR count). The van der Waals surface area contributed by atoms with Crippen LogP contribution in [0.5, 0.6) is 0 Å². The third kappa shape index (κ3) is 1.69. The molecule has 102 valence electrons. The second-order valence-electron chi connectivity index (χ2n) is 4.89. The molecule has 0 radical (unpaired) electrons. The molecule has 2 aliphatic rings. The van der Waals surface area contributed by atoms with Crippen LogP contribution in [0.15, 0.2) is 46.9 Å². The van der Waals surface area contributed by atoms with E-state index in [9.17, 15) is 0 Å². The van der Waals surface area contributed by atoms with Crippen molar-refractivity contribution in [1.29, 1.82) is 0 Å². The van der Waals surface area contributed by atoms with Crippen molar-refractivity contribution in [2.45, 2.75) is 0 Å². The third-order valence-electron chi connectivity index (χ3n) is 3.55. The summed E-state index contributed by atoms with van der Waals surface area (Å²) < 4.78 is 5.89. The molecule has 2 aromatic carbocycles. The summed E-state index contributed by atoms with van der Waals surface area (Å²) in [6, 6.07) is 13.1. The van der Waals surface area contributed by atoms with E-state index < -0.39 is 0 Å². The molecule has 4 nitrogen and oxygen atoms in total. The van der Waals surface area contributed by atoms with Crippen molar-refractivity contribution in [2.75, 3.05) is 5.73 Å². The van der Waals surface area contributed by atoms with Gasteiger partial charge in [-0.1, -0.05) is 29.8 Å². The molecule has 0 saturated carbocycles. The molecule has 2 aromatic rings. The maximum Gasteiger partial charge on any atom is 0.227 e. The van der Waals surface area contributed by atoms with Crippen molar-refractivity contribution in [1.82, 2.24) is 4.98 Å². The quantitative estimate of drug-likeness (QED) is 0.296. The van der Waals surface area contributed by atoms with Crippen LogP contribution in [0.4, 0.5) is 5.69 Å². The van der Waals surface area contributed by atoms with Crippen molar-refractivity contribution in [3.8, 4) is 11.5 Å². The van der Waals surface area contributed by atoms with Crippen molar-refractivity contribution in [3.63, 3.8) is 0 Å². The van der Waals surface area contributed by atoms with Crippen LogP contribution >= 0.6 is 11.6 Å². The molecule has 1 heterocycles. The summed E-state index contributed by atoms with van der Waals surface area (Å²) in [5, 5.41) is 8.77. The zero-order valence-electron chi connectivity index (χ0n) is 10.9. The highest BCUT2D eigenvalue weighted by atomic mass is 35.5. The summed E-state index contributed by atoms with van der Waals surface area (Å²) in [7, 11) is 0. The minimum atomic E-state index is 0.375. The average Bonchev–Trinajstić information content (AvgIpc) is 2.51. The minimum absolute atomic E-state index is 0.375. The van der Waals surface area contributed by atoms with Gasteiger partial charge in [-0.3, -0.25) is 5.41 Å². The first kappa shape index (κ1) is 12.2. The van der Waals surface area contributed by atoms with Gasteiger partial charge < -0.3 is 10.2 Å². The molecule has 0 amide bonds. The van der Waals surface area contributed by atoms with E-state index in [0.717, 1.165) is 16.3 Å². The van der Waals surface area contributed by atoms with Gasteiger partial charge in [0.2, 0.25) is 5.36 Å². The molecule has 0 saturated heterocycles. The zero-order valence-corrected chi connectivity index (χ0v) is 11.7. The van der Waals surface area contributed by atoms with Gasteiger partial charge in [0.1, 0.15) is 11.2 Å². The van der Waals surface area contributed by atoms with Crippen LogP contribution in [-0.2, 0) is 0 Å². The zero-order chi connectivity index (χ0) is 14.6. The lowest BCUT2D eigenvalue weighted by Crippen LogP contribution is -2.46. The number of aromatic nitrogens is 1. The maximum absolute atomic E-state index is 6.36. The van der Waals surface area contributed by atoms with E-state index in [4.69, 9.17) is 27.2 Å². The standard InChI is InChI=1S/C16H10ClN3O/c17-13-14(19)9-3-1-2-4-10(9)15-16(13)21-12-7-8(18)5-6-11(12)20-15/h1-7,19H,18H2/p+1. The molecule has 0 fully saturated rings. The van der Waals surface area contributed by atoms with Crippen LogP contribution in [0.3, 0.4) is 0 Å². The van der Waals surface area contributed by atoms with Gasteiger partial charge in [-0.15, -0.1) is 0 Å². The summed E-state index contributed by atoms with van der Waals surface area (Å²) in [5.41, 5.74) is 8.39. The van der Waals surface area contributed by atoms with E-state index in [1.165, 1.54) is 0 Å². The van der Waals surface area contributed by atoms with E-state index in [1.807, 2.05) is 30.3 Å². The molecule has 1 aliphatic carbocycles. The summed E-state index contributed by atoms with van der Waals surface area (Å²) in [6.07, 6.45) is 0. The highest BCUT2D eigenvalue weighted by Gasteiger charge is 2.21. The molecule has 4 N–H and O–H groups in total. The van der Waals surface area contributed by atoms with E-state index in [0.29, 0.717) is 33.1 Å². The van der Waals surface area contributed by atoms with Gasteiger partial charge in [0.15, 0.2) is 16.4 Å². The van der Waals surface area contributed by atoms with Crippen LogP contribution in [0.1, 0.15) is 0 Å². The molecule has 1 aliphatic heterocycles. The molecular formula is C16H11ClN3O+. The normalized spacial score (nSPS) is 11.5. The van der Waals surface area contributed by atoms with Crippen LogP contribution in [0, 0.1) is 0 Å². The Balaban J connectivity index is 2.30. The number of benzene rings is 3. The molecule has 0 spiro atoms. The van der Waals surface area contributed by atoms with Gasteiger partial charge >= 0.3 is 0 Å². The number of nitrogen functional groups attached to an aromatic ring is 1. The van der Waals surface area contributed by atoms with E-state index in [2.05, 4.69) is 4.98 Å². The Bertz CT molecular complexity index is 1040. The SMILES string of the molecule is Nc1ccc2nc3c4ccccc4c(=[NH2+])c(Cl)c-3oc2c1. The molecule has 21 heavy (non-hydrogen) atoms. The predicted octanol–water partition coefficient (Wildman–Crippen LogP) is 1.98. The average molecular weight is 297 g/mol. The number of halogens is 1. The van der Waals surface area contributed by atoms with Crippen molar-refractivity contribution >= 4 is 39.2 Å². The van der Waals surface area contributed by atoms with Gasteiger partial charge in [0.25, 0.3) is 0 Å². The monoisotopic (exact) mass is 296 g/mol. The predicted molar refractivity (Wildman–Crippen MR) is 82.6 cm³/mol. The molecule has 0 bridgehead atoms. The Morgan fingerprint density at radius 1 is 1.10 bits per heavy atom. The van der Waals surface area contributed by atoms with Gasteiger partial charge in [-0.05, 0) is 18.2 Å². The molecule has 5 heteroatoms. The summed E-state index contributed by atoms with van der Waals surface area (Å²) >= 11 is 6.36.